The molecule has 0 aromatic heterocycles. The first-order valence-electron chi connectivity index (χ1n) is 5.25. The molecule has 1 amide bonds. The van der Waals surface area contributed by atoms with Crippen molar-refractivity contribution in [2.24, 2.45) is 5.14 Å². The molecule has 0 aliphatic carbocycles. The van der Waals surface area contributed by atoms with Crippen molar-refractivity contribution in [3.05, 3.63) is 0 Å². The van der Waals surface area contributed by atoms with Crippen molar-refractivity contribution < 1.29 is 13.2 Å². The number of primary sulfonamides is 1. The van der Waals surface area contributed by atoms with Gasteiger partial charge in [-0.3, -0.25) is 4.79 Å². The third-order valence-corrected chi connectivity index (χ3v) is 3.96. The quantitative estimate of drug-likeness (QED) is 0.739. The van der Waals surface area contributed by atoms with Gasteiger partial charge in [-0.05, 0) is 26.9 Å². The summed E-state index contributed by atoms with van der Waals surface area (Å²) < 4.78 is 22.4. The average molecular weight is 286 g/mol. The maximum atomic E-state index is 11.7. The van der Waals surface area contributed by atoms with E-state index in [0.29, 0.717) is 25.9 Å². The van der Waals surface area contributed by atoms with Gasteiger partial charge < -0.3 is 9.80 Å². The number of sulfonamides is 1. The Hall–Kier alpha value is -0.370. The standard InChI is InChI=1S/C9H19N3O3S.ClH/c1-11(2)7-9(13)12-5-3-4-8(6-12)16(10,14)15;/h8H,3-7H2,1-2H3,(H2,10,14,15);1H. The highest BCUT2D eigenvalue weighted by atomic mass is 35.5. The molecule has 17 heavy (non-hydrogen) atoms. The molecule has 0 saturated carbocycles. The molecule has 0 spiro atoms. The number of nitrogens with two attached hydrogens (primary N) is 1. The Kier molecular flexibility index (Phi) is 6.39. The van der Waals surface area contributed by atoms with Gasteiger partial charge >= 0.3 is 0 Å². The van der Waals surface area contributed by atoms with E-state index in [9.17, 15) is 13.2 Å². The summed E-state index contributed by atoms with van der Waals surface area (Å²) in [6, 6.07) is 0. The summed E-state index contributed by atoms with van der Waals surface area (Å²) >= 11 is 0. The largest absolute Gasteiger partial charge is 0.340 e. The Morgan fingerprint density at radius 3 is 2.53 bits per heavy atom. The summed E-state index contributed by atoms with van der Waals surface area (Å²) in [6.07, 6.45) is 1.24. The number of nitrogens with zero attached hydrogens (tertiary/aromatic N) is 2. The van der Waals surface area contributed by atoms with Gasteiger partial charge in [0.05, 0.1) is 11.8 Å². The molecule has 1 heterocycles. The molecule has 0 radical (unpaired) electrons. The summed E-state index contributed by atoms with van der Waals surface area (Å²) in [5, 5.41) is 4.49. The number of amides is 1. The lowest BCUT2D eigenvalue weighted by Gasteiger charge is -2.32. The van der Waals surface area contributed by atoms with Crippen LogP contribution in [0.4, 0.5) is 0 Å². The average Bonchev–Trinajstić information content (AvgIpc) is 2.15. The van der Waals surface area contributed by atoms with Gasteiger partial charge in [0.25, 0.3) is 0 Å². The molecule has 1 unspecified atom stereocenters. The molecule has 1 saturated heterocycles. The topological polar surface area (TPSA) is 83.7 Å². The summed E-state index contributed by atoms with van der Waals surface area (Å²) in [4.78, 5) is 15.1. The molecule has 0 aromatic carbocycles. The van der Waals surface area contributed by atoms with Crippen LogP contribution in [0.25, 0.3) is 0 Å². The molecule has 1 aliphatic rings. The monoisotopic (exact) mass is 285 g/mol. The minimum atomic E-state index is -3.53. The first kappa shape index (κ1) is 16.6. The fourth-order valence-electron chi connectivity index (χ4n) is 1.80. The second-order valence-electron chi connectivity index (χ2n) is 4.43. The highest BCUT2D eigenvalue weighted by Crippen LogP contribution is 2.15. The number of carbonyl (C=O) groups excluding carboxylic acids is 1. The van der Waals surface area contributed by atoms with Crippen LogP contribution in [0.5, 0.6) is 0 Å². The van der Waals surface area contributed by atoms with E-state index in [2.05, 4.69) is 0 Å². The van der Waals surface area contributed by atoms with Gasteiger partial charge in [-0.15, -0.1) is 12.4 Å². The summed E-state index contributed by atoms with van der Waals surface area (Å²) in [6.45, 7) is 1.15. The summed E-state index contributed by atoms with van der Waals surface area (Å²) in [7, 11) is 0.0809. The van der Waals surface area contributed by atoms with Crippen molar-refractivity contribution in [2.45, 2.75) is 18.1 Å². The smallest absolute Gasteiger partial charge is 0.236 e. The van der Waals surface area contributed by atoms with Crippen LogP contribution in [0.2, 0.25) is 0 Å². The van der Waals surface area contributed by atoms with Crippen LogP contribution in [0, 0.1) is 0 Å². The van der Waals surface area contributed by atoms with Gasteiger partial charge in [0.1, 0.15) is 0 Å². The van der Waals surface area contributed by atoms with Crippen LogP contribution < -0.4 is 5.14 Å². The second kappa shape index (κ2) is 6.53. The van der Waals surface area contributed by atoms with Crippen LogP contribution in [0.1, 0.15) is 12.8 Å². The number of hydrogen-bond donors (Lipinski definition) is 1. The normalized spacial score (nSPS) is 21.2. The number of likely N-dealkylation sites (tertiary alicyclic amines) is 1. The predicted octanol–water partition coefficient (Wildman–Crippen LogP) is -0.751. The molecule has 1 aliphatic heterocycles. The van der Waals surface area contributed by atoms with Crippen molar-refractivity contribution in [2.75, 3.05) is 33.7 Å². The lowest BCUT2D eigenvalue weighted by atomic mass is 10.1. The lowest BCUT2D eigenvalue weighted by Crippen LogP contribution is -2.49. The minimum absolute atomic E-state index is 0. The van der Waals surface area contributed by atoms with Gasteiger partial charge in [-0.2, -0.15) is 0 Å². The van der Waals surface area contributed by atoms with Crippen LogP contribution in [-0.2, 0) is 14.8 Å². The van der Waals surface area contributed by atoms with Crippen molar-refractivity contribution in [3.63, 3.8) is 0 Å². The van der Waals surface area contributed by atoms with Gasteiger partial charge in [-0.25, -0.2) is 13.6 Å². The number of likely N-dealkylation sites (N-methyl/N-ethyl adjacent to an activating group) is 1. The van der Waals surface area contributed by atoms with Crippen LogP contribution in [-0.4, -0.2) is 63.1 Å². The molecular formula is C9H20ClN3O3S. The lowest BCUT2D eigenvalue weighted by molar-refractivity contribution is -0.132. The SMILES string of the molecule is CN(C)CC(=O)N1CCCC(S(N)(=O)=O)C1.Cl. The van der Waals surface area contributed by atoms with E-state index in [1.807, 2.05) is 0 Å². The van der Waals surface area contributed by atoms with Crippen LogP contribution in [0.3, 0.4) is 0 Å². The molecule has 0 aromatic rings. The van der Waals surface area contributed by atoms with Crippen molar-refractivity contribution in [3.8, 4) is 0 Å². The Labute approximate surface area is 109 Å². The molecule has 0 bridgehead atoms. The zero-order valence-corrected chi connectivity index (χ0v) is 11.8. The molecule has 1 atom stereocenters. The van der Waals surface area contributed by atoms with E-state index in [4.69, 9.17) is 5.14 Å². The summed E-state index contributed by atoms with van der Waals surface area (Å²) in [5.74, 6) is -0.0432. The van der Waals surface area contributed by atoms with Gasteiger partial charge in [0.2, 0.25) is 15.9 Å². The van der Waals surface area contributed by atoms with E-state index in [1.54, 1.807) is 23.9 Å². The molecule has 2 N–H and O–H groups in total. The van der Waals surface area contributed by atoms with Gasteiger partial charge in [0, 0.05) is 13.1 Å². The van der Waals surface area contributed by atoms with Crippen molar-refractivity contribution in [1.29, 1.82) is 0 Å². The minimum Gasteiger partial charge on any atom is -0.340 e. The maximum absolute atomic E-state index is 11.7. The highest BCUT2D eigenvalue weighted by Gasteiger charge is 2.30. The van der Waals surface area contributed by atoms with Crippen molar-refractivity contribution >= 4 is 28.3 Å². The first-order chi connectivity index (χ1) is 7.30. The fourth-order valence-corrected chi connectivity index (χ4v) is 2.69. The third kappa shape index (κ3) is 5.20. The highest BCUT2D eigenvalue weighted by molar-refractivity contribution is 7.89. The molecular weight excluding hydrogens is 266 g/mol. The zero-order chi connectivity index (χ0) is 12.3. The molecule has 6 nitrogen and oxygen atoms in total. The zero-order valence-electron chi connectivity index (χ0n) is 10.1. The molecule has 102 valence electrons. The fraction of sp³-hybridized carbons (Fsp3) is 0.889. The third-order valence-electron chi connectivity index (χ3n) is 2.65. The Bertz CT molecular complexity index is 358. The van der Waals surface area contributed by atoms with E-state index < -0.39 is 15.3 Å². The van der Waals surface area contributed by atoms with Crippen LogP contribution >= 0.6 is 12.4 Å². The Morgan fingerprint density at radius 2 is 2.06 bits per heavy atom. The maximum Gasteiger partial charge on any atom is 0.236 e. The number of carbonyl (C=O) groups is 1. The second-order valence-corrected chi connectivity index (χ2v) is 6.28. The number of piperidine rings is 1. The molecule has 1 rings (SSSR count). The molecule has 1 fully saturated rings. The van der Waals surface area contributed by atoms with Crippen molar-refractivity contribution in [1.82, 2.24) is 9.80 Å². The van der Waals surface area contributed by atoms with E-state index in [-0.39, 0.29) is 24.9 Å². The first-order valence-corrected chi connectivity index (χ1v) is 6.86. The number of rotatable bonds is 3. The molecule has 8 heteroatoms. The number of halogens is 1. The Morgan fingerprint density at radius 1 is 1.47 bits per heavy atom. The number of hydrogen-bond acceptors (Lipinski definition) is 4. The van der Waals surface area contributed by atoms with Gasteiger partial charge in [-0.1, -0.05) is 0 Å². The van der Waals surface area contributed by atoms with E-state index in [0.717, 1.165) is 0 Å². The Balaban J connectivity index is 0.00000256. The van der Waals surface area contributed by atoms with E-state index >= 15 is 0 Å². The summed E-state index contributed by atoms with van der Waals surface area (Å²) in [5.41, 5.74) is 0. The van der Waals surface area contributed by atoms with Gasteiger partial charge in [0.15, 0.2) is 0 Å². The van der Waals surface area contributed by atoms with E-state index in [1.165, 1.54) is 0 Å². The predicted molar refractivity (Wildman–Crippen MR) is 68.5 cm³/mol. The van der Waals surface area contributed by atoms with Crippen LogP contribution in [0.15, 0.2) is 0 Å².